The lowest BCUT2D eigenvalue weighted by atomic mass is 10.2. The number of benzene rings is 1. The Morgan fingerprint density at radius 3 is 3.04 bits per heavy atom. The zero-order valence-electron chi connectivity index (χ0n) is 13.6. The van der Waals surface area contributed by atoms with Gasteiger partial charge in [0.25, 0.3) is 0 Å². The standard InChI is InChI=1S/C17H21ClN2O3S/c1-19(11-16(21)22)8-12-9-20(6-7-23-12)10-15-17(18)13-4-2-3-5-14(13)24-15/h2-5,12H,6-11H2,1H3,(H,21,22). The molecule has 1 aliphatic rings. The van der Waals surface area contributed by atoms with Gasteiger partial charge in [0.05, 0.1) is 24.3 Å². The third kappa shape index (κ3) is 4.26. The van der Waals surface area contributed by atoms with Gasteiger partial charge in [0.15, 0.2) is 0 Å². The van der Waals surface area contributed by atoms with Crippen molar-refractivity contribution in [3.05, 3.63) is 34.2 Å². The molecule has 1 N–H and O–H groups in total. The molecule has 1 aliphatic heterocycles. The summed E-state index contributed by atoms with van der Waals surface area (Å²) in [6.45, 7) is 3.76. The van der Waals surface area contributed by atoms with Gasteiger partial charge in [-0.05, 0) is 13.1 Å². The van der Waals surface area contributed by atoms with Crippen molar-refractivity contribution >= 4 is 39.0 Å². The molecule has 0 amide bonds. The molecule has 1 aromatic carbocycles. The molecule has 0 aliphatic carbocycles. The fraction of sp³-hybridized carbons (Fsp3) is 0.471. The van der Waals surface area contributed by atoms with Crippen molar-refractivity contribution in [1.82, 2.24) is 9.80 Å². The number of halogens is 1. The first-order valence-electron chi connectivity index (χ1n) is 7.93. The maximum absolute atomic E-state index is 10.8. The Hall–Kier alpha value is -1.18. The lowest BCUT2D eigenvalue weighted by molar-refractivity contribution is -0.138. The Morgan fingerprint density at radius 2 is 2.29 bits per heavy atom. The second-order valence-corrected chi connectivity index (χ2v) is 7.67. The fourth-order valence-electron chi connectivity index (χ4n) is 3.05. The van der Waals surface area contributed by atoms with Gasteiger partial charge in [-0.1, -0.05) is 29.8 Å². The number of hydrogen-bond acceptors (Lipinski definition) is 5. The number of carboxylic acid groups (broad SMARTS) is 1. The van der Waals surface area contributed by atoms with Crippen LogP contribution in [0.2, 0.25) is 5.02 Å². The lowest BCUT2D eigenvalue weighted by Crippen LogP contribution is -2.47. The number of morpholine rings is 1. The molecule has 0 spiro atoms. The van der Waals surface area contributed by atoms with Gasteiger partial charge in [0.1, 0.15) is 0 Å². The molecule has 0 bridgehead atoms. The van der Waals surface area contributed by atoms with E-state index in [2.05, 4.69) is 17.0 Å². The van der Waals surface area contributed by atoms with Crippen molar-refractivity contribution in [2.24, 2.45) is 0 Å². The third-order valence-electron chi connectivity index (χ3n) is 4.11. The van der Waals surface area contributed by atoms with Crippen LogP contribution in [0.5, 0.6) is 0 Å². The van der Waals surface area contributed by atoms with Crippen LogP contribution in [-0.2, 0) is 16.1 Å². The summed E-state index contributed by atoms with van der Waals surface area (Å²) in [5, 5.41) is 10.8. The van der Waals surface area contributed by atoms with E-state index in [4.69, 9.17) is 21.4 Å². The molecule has 7 heteroatoms. The van der Waals surface area contributed by atoms with Crippen molar-refractivity contribution in [1.29, 1.82) is 0 Å². The highest BCUT2D eigenvalue weighted by atomic mass is 35.5. The molecule has 5 nitrogen and oxygen atoms in total. The minimum absolute atomic E-state index is 0.0243. The number of aliphatic carboxylic acids is 1. The highest BCUT2D eigenvalue weighted by Gasteiger charge is 2.23. The number of likely N-dealkylation sites (N-methyl/N-ethyl adjacent to an activating group) is 1. The van der Waals surface area contributed by atoms with E-state index < -0.39 is 5.97 Å². The number of carboxylic acids is 1. The minimum Gasteiger partial charge on any atom is -0.480 e. The molecule has 2 aromatic rings. The fourth-order valence-corrected chi connectivity index (χ4v) is 4.58. The molecule has 1 saturated heterocycles. The quantitative estimate of drug-likeness (QED) is 0.849. The van der Waals surface area contributed by atoms with E-state index in [-0.39, 0.29) is 12.6 Å². The first-order valence-corrected chi connectivity index (χ1v) is 9.12. The number of hydrogen-bond donors (Lipinski definition) is 1. The monoisotopic (exact) mass is 368 g/mol. The summed E-state index contributed by atoms with van der Waals surface area (Å²) in [5.41, 5.74) is 0. The summed E-state index contributed by atoms with van der Waals surface area (Å²) in [5.74, 6) is -0.817. The van der Waals surface area contributed by atoms with Crippen LogP contribution < -0.4 is 0 Å². The Kier molecular flexibility index (Phi) is 5.73. The van der Waals surface area contributed by atoms with Crippen LogP contribution >= 0.6 is 22.9 Å². The van der Waals surface area contributed by atoms with Crippen molar-refractivity contribution in [2.45, 2.75) is 12.6 Å². The molecule has 0 radical (unpaired) electrons. The molecule has 1 fully saturated rings. The van der Waals surface area contributed by atoms with Gasteiger partial charge in [-0.15, -0.1) is 11.3 Å². The van der Waals surface area contributed by atoms with Crippen LogP contribution in [0.1, 0.15) is 4.88 Å². The Morgan fingerprint density at radius 1 is 1.50 bits per heavy atom. The van der Waals surface area contributed by atoms with Crippen molar-refractivity contribution in [3.63, 3.8) is 0 Å². The predicted molar refractivity (Wildman–Crippen MR) is 97.0 cm³/mol. The molecule has 2 heterocycles. The summed E-state index contributed by atoms with van der Waals surface area (Å²) < 4.78 is 6.99. The number of rotatable bonds is 6. The smallest absolute Gasteiger partial charge is 0.317 e. The minimum atomic E-state index is -0.817. The second-order valence-electron chi connectivity index (χ2n) is 6.15. The molecule has 3 rings (SSSR count). The maximum atomic E-state index is 10.8. The summed E-state index contributed by atoms with van der Waals surface area (Å²) in [6, 6.07) is 8.19. The van der Waals surface area contributed by atoms with E-state index in [1.165, 1.54) is 9.58 Å². The first-order chi connectivity index (χ1) is 11.5. The largest absolute Gasteiger partial charge is 0.480 e. The summed E-state index contributed by atoms with van der Waals surface area (Å²) in [4.78, 5) is 16.1. The van der Waals surface area contributed by atoms with E-state index in [0.29, 0.717) is 13.2 Å². The number of fused-ring (bicyclic) bond motifs is 1. The van der Waals surface area contributed by atoms with Gasteiger partial charge in [0.2, 0.25) is 0 Å². The van der Waals surface area contributed by atoms with E-state index >= 15 is 0 Å². The van der Waals surface area contributed by atoms with Gasteiger partial charge >= 0.3 is 5.97 Å². The predicted octanol–water partition coefficient (Wildman–Crippen LogP) is 2.77. The van der Waals surface area contributed by atoms with Crippen LogP contribution in [-0.4, -0.2) is 66.8 Å². The van der Waals surface area contributed by atoms with Crippen molar-refractivity contribution in [2.75, 3.05) is 39.8 Å². The normalized spacial score (nSPS) is 19.2. The average Bonchev–Trinajstić information content (AvgIpc) is 2.83. The SMILES string of the molecule is CN(CC(=O)O)CC1CN(Cc2sc3ccccc3c2Cl)CCO1. The molecule has 1 aromatic heterocycles. The lowest BCUT2D eigenvalue weighted by Gasteiger charge is -2.34. The van der Waals surface area contributed by atoms with E-state index in [1.54, 1.807) is 23.3 Å². The Balaban J connectivity index is 1.62. The topological polar surface area (TPSA) is 53.0 Å². The molecule has 1 unspecified atom stereocenters. The van der Waals surface area contributed by atoms with E-state index in [9.17, 15) is 4.79 Å². The van der Waals surface area contributed by atoms with Crippen LogP contribution in [0, 0.1) is 0 Å². The first kappa shape index (κ1) is 17.6. The second kappa shape index (κ2) is 7.80. The van der Waals surface area contributed by atoms with Crippen molar-refractivity contribution in [3.8, 4) is 0 Å². The molecule has 130 valence electrons. The van der Waals surface area contributed by atoms with Crippen molar-refractivity contribution < 1.29 is 14.6 Å². The van der Waals surface area contributed by atoms with Crippen LogP contribution in [0.3, 0.4) is 0 Å². The zero-order valence-corrected chi connectivity index (χ0v) is 15.1. The van der Waals surface area contributed by atoms with Gasteiger partial charge in [0, 0.05) is 41.1 Å². The zero-order chi connectivity index (χ0) is 17.1. The number of nitrogens with zero attached hydrogens (tertiary/aromatic N) is 2. The summed E-state index contributed by atoms with van der Waals surface area (Å²) in [6.07, 6.45) is 0.0243. The van der Waals surface area contributed by atoms with E-state index in [0.717, 1.165) is 30.0 Å². The van der Waals surface area contributed by atoms with Crippen LogP contribution in [0.15, 0.2) is 24.3 Å². The summed E-state index contributed by atoms with van der Waals surface area (Å²) >= 11 is 8.27. The maximum Gasteiger partial charge on any atom is 0.317 e. The van der Waals surface area contributed by atoms with E-state index in [1.807, 2.05) is 12.1 Å². The highest BCUT2D eigenvalue weighted by Crippen LogP contribution is 2.36. The van der Waals surface area contributed by atoms with Crippen LogP contribution in [0.4, 0.5) is 0 Å². The van der Waals surface area contributed by atoms with Gasteiger partial charge < -0.3 is 9.84 Å². The molecule has 1 atom stereocenters. The number of carbonyl (C=O) groups is 1. The molecule has 24 heavy (non-hydrogen) atoms. The van der Waals surface area contributed by atoms with Crippen LogP contribution in [0.25, 0.3) is 10.1 Å². The van der Waals surface area contributed by atoms with Gasteiger partial charge in [-0.3, -0.25) is 14.6 Å². The third-order valence-corrected chi connectivity index (χ3v) is 5.81. The van der Waals surface area contributed by atoms with Gasteiger partial charge in [-0.2, -0.15) is 0 Å². The molecule has 0 saturated carbocycles. The highest BCUT2D eigenvalue weighted by molar-refractivity contribution is 7.19. The molecular weight excluding hydrogens is 348 g/mol. The Labute approximate surface area is 150 Å². The number of thiophene rings is 1. The van der Waals surface area contributed by atoms with Gasteiger partial charge in [-0.25, -0.2) is 0 Å². The summed E-state index contributed by atoms with van der Waals surface area (Å²) in [7, 11) is 1.80. The Bertz CT molecular complexity index is 721. The average molecular weight is 369 g/mol. The molecular formula is C17H21ClN2O3S. The number of ether oxygens (including phenoxy) is 1.